The lowest BCUT2D eigenvalue weighted by atomic mass is 10.1. The lowest BCUT2D eigenvalue weighted by molar-refractivity contribution is 0.0115. The van der Waals surface area contributed by atoms with Crippen LogP contribution in [0.15, 0.2) is 12.1 Å². The van der Waals surface area contributed by atoms with Crippen molar-refractivity contribution < 1.29 is 34.8 Å². The van der Waals surface area contributed by atoms with E-state index in [-0.39, 0.29) is 35.5 Å². The third-order valence-corrected chi connectivity index (χ3v) is 11.4. The maximum Gasteiger partial charge on any atom is 0.257 e. The number of rotatable bonds is 10. The van der Waals surface area contributed by atoms with Crippen LogP contribution in [0.4, 0.5) is 11.4 Å². The van der Waals surface area contributed by atoms with Gasteiger partial charge in [-0.25, -0.2) is 0 Å². The number of carbonyl (C=O) groups excluding carboxylic acids is 3. The predicted molar refractivity (Wildman–Crippen MR) is 196 cm³/mol. The summed E-state index contributed by atoms with van der Waals surface area (Å²) in [4.78, 5) is 39.3. The number of nitrogens with one attached hydrogen (secondary N) is 3. The summed E-state index contributed by atoms with van der Waals surface area (Å²) in [6, 6.07) is 3.27. The molecule has 3 amide bonds. The quantitative estimate of drug-likeness (QED) is 0.0732. The summed E-state index contributed by atoms with van der Waals surface area (Å²) < 4.78 is 0.328. The van der Waals surface area contributed by atoms with Crippen molar-refractivity contribution in [2.24, 2.45) is 5.73 Å². The van der Waals surface area contributed by atoms with Crippen molar-refractivity contribution in [3.8, 4) is 0 Å². The van der Waals surface area contributed by atoms with E-state index in [0.29, 0.717) is 23.5 Å². The first kappa shape index (κ1) is 36.0. The molecule has 0 aliphatic carbocycles. The van der Waals surface area contributed by atoms with E-state index in [2.05, 4.69) is 16.0 Å². The van der Waals surface area contributed by atoms with E-state index in [1.807, 2.05) is 113 Å². The number of hydrogen-bond acceptors (Lipinski definition) is 9. The normalized spacial score (nSPS) is 14.2. The Balaban J connectivity index is 2.45. The number of aliphatic hydroxyl groups is 4. The summed E-state index contributed by atoms with van der Waals surface area (Å²) in [6.07, 6.45) is -2.72. The molecule has 0 aliphatic rings. The molecule has 18 heteroatoms. The third-order valence-electron chi connectivity index (χ3n) is 5.03. The fraction of sp³-hybridized carbons (Fsp3) is 0.286. The van der Waals surface area contributed by atoms with Crippen LogP contribution in [0.2, 0.25) is 0 Å². The number of amides is 3. The van der Waals surface area contributed by atoms with Crippen LogP contribution >= 0.6 is 136 Å². The molecule has 0 aliphatic heterocycles. The van der Waals surface area contributed by atoms with E-state index in [4.69, 9.17) is 16.6 Å². The van der Waals surface area contributed by atoms with Gasteiger partial charge in [0.1, 0.15) is 6.23 Å². The maximum absolute atomic E-state index is 13.5. The van der Waals surface area contributed by atoms with Crippen molar-refractivity contribution in [3.63, 3.8) is 0 Å². The van der Waals surface area contributed by atoms with Gasteiger partial charge in [0, 0.05) is 13.7 Å². The van der Waals surface area contributed by atoms with Crippen molar-refractivity contribution in [1.82, 2.24) is 10.6 Å². The van der Waals surface area contributed by atoms with Gasteiger partial charge in [-0.3, -0.25) is 14.4 Å². The van der Waals surface area contributed by atoms with E-state index in [1.165, 1.54) is 22.6 Å². The Hall–Kier alpha value is 0.830. The third kappa shape index (κ3) is 8.92. The first-order valence-corrected chi connectivity index (χ1v) is 17.0. The van der Waals surface area contributed by atoms with Crippen LogP contribution in [0.5, 0.6) is 0 Å². The Morgan fingerprint density at radius 2 is 1.41 bits per heavy atom. The number of aliphatic hydroxyl groups excluding tert-OH is 3. The van der Waals surface area contributed by atoms with Gasteiger partial charge < -0.3 is 47.8 Å². The Labute approximate surface area is 304 Å². The average Bonchev–Trinajstić information content (AvgIpc) is 2.86. The minimum atomic E-state index is -1.82. The summed E-state index contributed by atoms with van der Waals surface area (Å²) in [5, 5.41) is 46.1. The highest BCUT2D eigenvalue weighted by Gasteiger charge is 2.32. The van der Waals surface area contributed by atoms with Crippen LogP contribution in [0, 0.1) is 17.9 Å². The van der Waals surface area contributed by atoms with Gasteiger partial charge in [-0.05, 0) is 148 Å². The second-order valence-electron chi connectivity index (χ2n) is 7.84. The summed E-state index contributed by atoms with van der Waals surface area (Å²) in [6.45, 7) is -1.03. The zero-order valence-corrected chi connectivity index (χ0v) is 32.3. The fourth-order valence-electron chi connectivity index (χ4n) is 2.88. The van der Waals surface area contributed by atoms with Gasteiger partial charge >= 0.3 is 0 Å². The Bertz CT molecular complexity index is 1290. The number of alkyl halides is 1. The Morgan fingerprint density at radius 1 is 0.872 bits per heavy atom. The predicted octanol–water partition coefficient (Wildman–Crippen LogP) is 1.76. The highest BCUT2D eigenvalue weighted by atomic mass is 127. The van der Waals surface area contributed by atoms with Crippen LogP contribution in [-0.2, 0) is 0 Å². The van der Waals surface area contributed by atoms with Gasteiger partial charge in [-0.2, -0.15) is 0 Å². The minimum absolute atomic E-state index is 0.109. The molecule has 2 aromatic rings. The number of anilines is 2. The molecule has 12 nitrogen and oxygen atoms in total. The molecular weight excluding hydrogens is 1200 g/mol. The number of carbonyl (C=O) groups is 3. The number of hydrogen-bond donors (Lipinski definition) is 9. The zero-order chi connectivity index (χ0) is 29.8. The molecule has 0 fully saturated rings. The van der Waals surface area contributed by atoms with E-state index in [9.17, 15) is 29.7 Å². The van der Waals surface area contributed by atoms with E-state index < -0.39 is 40.3 Å². The highest BCUT2D eigenvalue weighted by molar-refractivity contribution is 14.1. The minimum Gasteiger partial charge on any atom is -0.397 e. The first-order chi connectivity index (χ1) is 18.0. The van der Waals surface area contributed by atoms with E-state index >= 15 is 0 Å². The summed E-state index contributed by atoms with van der Waals surface area (Å²) in [5.74, 6) is -1.71. The molecule has 2 rings (SSSR count). The Kier molecular flexibility index (Phi) is 14.3. The number of nitrogen functional groups attached to an aromatic ring is 1. The van der Waals surface area contributed by atoms with E-state index in [0.717, 1.165) is 0 Å². The molecule has 0 saturated heterocycles. The van der Waals surface area contributed by atoms with Crippen LogP contribution in [0.1, 0.15) is 31.1 Å². The van der Waals surface area contributed by atoms with Gasteiger partial charge in [-0.15, -0.1) is 0 Å². The smallest absolute Gasteiger partial charge is 0.257 e. The van der Waals surface area contributed by atoms with Crippen molar-refractivity contribution >= 4 is 165 Å². The van der Waals surface area contributed by atoms with Crippen LogP contribution in [0.25, 0.3) is 0 Å². The standard InChI is InChI=1S/C21H21I6N5O7/c22-7-1-2-8(12(23)9(7)17(35)30-3-6(34)4-33)32-19(37)11-13(24)10(14(25)16(28)15(11)26)18(36)31-5-21(27,39)20(29)38/h1-2,6,20,33-34,38-39H,3-5,28-29H2,(H,30,35)(H,31,36)(H,32,37). The van der Waals surface area contributed by atoms with Gasteiger partial charge in [0.25, 0.3) is 17.7 Å². The van der Waals surface area contributed by atoms with Crippen molar-refractivity contribution in [1.29, 1.82) is 0 Å². The Morgan fingerprint density at radius 3 is 1.95 bits per heavy atom. The molecule has 0 bridgehead atoms. The van der Waals surface area contributed by atoms with Gasteiger partial charge in [0.2, 0.25) is 0 Å². The zero-order valence-electron chi connectivity index (χ0n) is 19.4. The first-order valence-electron chi connectivity index (χ1n) is 10.5. The summed E-state index contributed by atoms with van der Waals surface area (Å²) >= 11 is 11.1. The fourth-order valence-corrected chi connectivity index (χ4v) is 9.28. The topological polar surface area (TPSA) is 220 Å². The lowest BCUT2D eigenvalue weighted by Gasteiger charge is -2.25. The molecule has 214 valence electrons. The monoisotopic (exact) mass is 1220 g/mol. The average molecular weight is 1220 g/mol. The number of nitrogens with two attached hydrogens (primary N) is 2. The summed E-state index contributed by atoms with van der Waals surface area (Å²) in [7, 11) is 0. The molecule has 39 heavy (non-hydrogen) atoms. The highest BCUT2D eigenvalue weighted by Crippen LogP contribution is 2.35. The molecule has 3 unspecified atom stereocenters. The molecular formula is C21H21I6N5O7. The molecule has 2 aromatic carbocycles. The largest absolute Gasteiger partial charge is 0.397 e. The van der Waals surface area contributed by atoms with Gasteiger partial charge in [0.05, 0.1) is 58.0 Å². The van der Waals surface area contributed by atoms with Crippen molar-refractivity contribution in [2.45, 2.75) is 15.9 Å². The molecule has 0 radical (unpaired) electrons. The molecule has 0 saturated carbocycles. The second kappa shape index (κ2) is 15.5. The summed E-state index contributed by atoms with van der Waals surface area (Å²) in [5.41, 5.74) is 12.7. The van der Waals surface area contributed by atoms with Crippen LogP contribution in [-0.4, -0.2) is 73.8 Å². The maximum atomic E-state index is 13.5. The van der Waals surface area contributed by atoms with Gasteiger partial charge in [-0.1, -0.05) is 0 Å². The van der Waals surface area contributed by atoms with Crippen molar-refractivity contribution in [3.05, 3.63) is 46.7 Å². The van der Waals surface area contributed by atoms with Crippen molar-refractivity contribution in [2.75, 3.05) is 30.7 Å². The van der Waals surface area contributed by atoms with Gasteiger partial charge in [0.15, 0.2) is 3.61 Å². The molecule has 0 heterocycles. The SMILES string of the molecule is Nc1c(I)c(C(=O)NCC(O)(I)C(N)O)c(I)c(C(=O)Nc2ccc(I)c(C(=O)NCC(O)CO)c2I)c1I. The molecule has 0 aromatic heterocycles. The number of benzene rings is 2. The van der Waals surface area contributed by atoms with Crippen LogP contribution < -0.4 is 27.4 Å². The molecule has 3 atom stereocenters. The molecule has 0 spiro atoms. The number of halogens is 6. The lowest BCUT2D eigenvalue weighted by Crippen LogP contribution is -2.50. The second-order valence-corrected chi connectivity index (χ2v) is 15.2. The van der Waals surface area contributed by atoms with E-state index in [1.54, 1.807) is 12.1 Å². The van der Waals surface area contributed by atoms with Crippen LogP contribution in [0.3, 0.4) is 0 Å². The molecule has 11 N–H and O–H groups in total.